The number of para-hydroxylation sites is 3. The molecule has 1 unspecified atom stereocenters. The zero-order valence-electron chi connectivity index (χ0n) is 27.2. The summed E-state index contributed by atoms with van der Waals surface area (Å²) in [6.07, 6.45) is 0. The molecule has 2 heterocycles. The van der Waals surface area contributed by atoms with Crippen molar-refractivity contribution < 1.29 is 14.3 Å². The number of carbonyl (C=O) groups excluding carboxylic acids is 1. The van der Waals surface area contributed by atoms with Crippen LogP contribution >= 0.6 is 0 Å². The molecule has 0 bridgehead atoms. The minimum atomic E-state index is -1.20. The molecule has 0 amide bonds. The van der Waals surface area contributed by atoms with Crippen molar-refractivity contribution in [3.05, 3.63) is 204 Å². The minimum Gasteiger partial charge on any atom is -0.456 e. The number of fused-ring (bicyclic) bond motifs is 6. The number of hydrogen-bond donors (Lipinski definition) is 0. The fraction of sp³-hybridized carbons (Fsp3) is 0.0444. The van der Waals surface area contributed by atoms with Gasteiger partial charge in [0.1, 0.15) is 11.5 Å². The van der Waals surface area contributed by atoms with Gasteiger partial charge < -0.3 is 19.3 Å². The van der Waals surface area contributed by atoms with Crippen LogP contribution in [0.3, 0.4) is 0 Å². The highest BCUT2D eigenvalue weighted by atomic mass is 16.6. The average Bonchev–Trinajstić information content (AvgIpc) is 3.44. The summed E-state index contributed by atoms with van der Waals surface area (Å²) in [5, 5.41) is 0. The summed E-state index contributed by atoms with van der Waals surface area (Å²) in [7, 11) is 0. The molecule has 5 nitrogen and oxygen atoms in total. The van der Waals surface area contributed by atoms with Crippen molar-refractivity contribution in [2.75, 3.05) is 9.80 Å². The van der Waals surface area contributed by atoms with Gasteiger partial charge in [0.2, 0.25) is 0 Å². The lowest BCUT2D eigenvalue weighted by Crippen LogP contribution is -2.33. The Hall–Kier alpha value is -6.77. The zero-order valence-corrected chi connectivity index (χ0v) is 27.2. The lowest BCUT2D eigenvalue weighted by atomic mass is 9.77. The van der Waals surface area contributed by atoms with Crippen LogP contribution in [0.4, 0.5) is 34.1 Å². The van der Waals surface area contributed by atoms with Gasteiger partial charge in [0.25, 0.3) is 0 Å². The number of anilines is 6. The van der Waals surface area contributed by atoms with Gasteiger partial charge in [0.05, 0.1) is 16.9 Å². The summed E-state index contributed by atoms with van der Waals surface area (Å²) >= 11 is 0. The van der Waals surface area contributed by atoms with Crippen LogP contribution in [0.1, 0.15) is 32.6 Å². The second-order valence-electron chi connectivity index (χ2n) is 12.4. The Morgan fingerprint density at radius 2 is 1.08 bits per heavy atom. The van der Waals surface area contributed by atoms with Gasteiger partial charge in [-0.05, 0) is 91.9 Å². The largest absolute Gasteiger partial charge is 0.456 e. The van der Waals surface area contributed by atoms with Gasteiger partial charge >= 0.3 is 5.97 Å². The number of hydrogen-bond acceptors (Lipinski definition) is 5. The monoisotopic (exact) mass is 646 g/mol. The molecule has 5 heteroatoms. The maximum Gasteiger partial charge on any atom is 0.340 e. The van der Waals surface area contributed by atoms with E-state index >= 15 is 0 Å². The second-order valence-corrected chi connectivity index (χ2v) is 12.4. The Kier molecular flexibility index (Phi) is 6.89. The van der Waals surface area contributed by atoms with Crippen molar-refractivity contribution in [2.45, 2.75) is 12.5 Å². The van der Waals surface area contributed by atoms with Gasteiger partial charge in [-0.15, -0.1) is 0 Å². The second kappa shape index (κ2) is 11.7. The molecule has 0 aliphatic carbocycles. The Morgan fingerprint density at radius 3 is 1.64 bits per heavy atom. The van der Waals surface area contributed by atoms with Crippen LogP contribution < -0.4 is 14.5 Å². The number of rotatable bonds is 6. The predicted octanol–water partition coefficient (Wildman–Crippen LogP) is 11.1. The molecular formula is C45H30N2O3. The molecule has 1 atom stereocenters. The topological polar surface area (TPSA) is 42.0 Å². The molecule has 7 aromatic rings. The zero-order chi connectivity index (χ0) is 33.7. The highest BCUT2D eigenvalue weighted by Gasteiger charge is 2.53. The van der Waals surface area contributed by atoms with Crippen molar-refractivity contribution in [1.82, 2.24) is 0 Å². The molecule has 7 aromatic carbocycles. The van der Waals surface area contributed by atoms with Gasteiger partial charge in [-0.25, -0.2) is 4.79 Å². The van der Waals surface area contributed by atoms with E-state index in [2.05, 4.69) is 64.4 Å². The van der Waals surface area contributed by atoms with E-state index < -0.39 is 5.60 Å². The molecule has 1 spiro atoms. The first kappa shape index (κ1) is 29.4. The Labute approximate surface area is 291 Å². The summed E-state index contributed by atoms with van der Waals surface area (Å²) in [5.41, 5.74) is 8.27. The van der Waals surface area contributed by atoms with Gasteiger partial charge in [-0.2, -0.15) is 0 Å². The van der Waals surface area contributed by atoms with E-state index in [-0.39, 0.29) is 5.97 Å². The van der Waals surface area contributed by atoms with Crippen molar-refractivity contribution in [2.24, 2.45) is 0 Å². The van der Waals surface area contributed by atoms with Crippen LogP contribution in [-0.2, 0) is 10.3 Å². The van der Waals surface area contributed by atoms with Crippen LogP contribution in [0.15, 0.2) is 164 Å². The fourth-order valence-electron chi connectivity index (χ4n) is 7.18. The van der Waals surface area contributed by atoms with Gasteiger partial charge in [0, 0.05) is 51.6 Å². The molecular weight excluding hydrogens is 617 g/mol. The van der Waals surface area contributed by atoms with Crippen LogP contribution in [0, 0.1) is 19.1 Å². The highest BCUT2D eigenvalue weighted by Crippen LogP contribution is 2.58. The Morgan fingerprint density at radius 1 is 0.540 bits per heavy atom. The van der Waals surface area contributed by atoms with Crippen molar-refractivity contribution in [3.63, 3.8) is 0 Å². The lowest BCUT2D eigenvalue weighted by Gasteiger charge is -2.38. The number of benzene rings is 6. The Balaban J connectivity index is 1.26. The van der Waals surface area contributed by atoms with Crippen molar-refractivity contribution in [1.29, 1.82) is 0 Å². The summed E-state index contributed by atoms with van der Waals surface area (Å²) < 4.78 is 13.5. The van der Waals surface area contributed by atoms with Gasteiger partial charge in [0.15, 0.2) is 5.60 Å². The van der Waals surface area contributed by atoms with Gasteiger partial charge in [-0.3, -0.25) is 0 Å². The molecule has 50 heavy (non-hydrogen) atoms. The quantitative estimate of drug-likeness (QED) is 0.168. The summed E-state index contributed by atoms with van der Waals surface area (Å²) in [5.74, 6) is 0.850. The number of aryl methyl sites for hydroxylation is 1. The van der Waals surface area contributed by atoms with E-state index in [0.717, 1.165) is 56.4 Å². The SMILES string of the molecule is Cc1ccc2c(c1)C(=O)OC21c2ccc(N(c3c#cccc3)c3ccccc3)cc2Oc2cc(N(c3ccccc3)c3ccccc3)ccc21. The molecule has 2 aliphatic rings. The number of carbonyl (C=O) groups is 1. The smallest absolute Gasteiger partial charge is 0.340 e. The third-order valence-electron chi connectivity index (χ3n) is 9.36. The molecule has 0 saturated heterocycles. The summed E-state index contributed by atoms with van der Waals surface area (Å²) in [6.45, 7) is 1.99. The molecule has 2 aliphatic heterocycles. The van der Waals surface area contributed by atoms with E-state index in [4.69, 9.17) is 9.47 Å². The van der Waals surface area contributed by atoms with Crippen LogP contribution in [-0.4, -0.2) is 5.97 Å². The lowest BCUT2D eigenvalue weighted by molar-refractivity contribution is 0.0224. The molecule has 0 radical (unpaired) electrons. The highest BCUT2D eigenvalue weighted by molar-refractivity contribution is 5.97. The fourth-order valence-corrected chi connectivity index (χ4v) is 7.18. The normalized spacial score (nSPS) is 13.3. The number of nitrogens with zero attached hydrogens (tertiary/aromatic N) is 2. The first-order valence-electron chi connectivity index (χ1n) is 16.6. The van der Waals surface area contributed by atoms with Crippen molar-refractivity contribution in [3.8, 4) is 11.5 Å². The number of esters is 1. The first-order chi connectivity index (χ1) is 24.6. The van der Waals surface area contributed by atoms with Gasteiger partial charge in [-0.1, -0.05) is 84.4 Å². The molecule has 0 fully saturated rings. The molecule has 0 aromatic heterocycles. The predicted molar refractivity (Wildman–Crippen MR) is 196 cm³/mol. The standard InChI is InChI=1S/C45H30N2O3/c1-31-22-25-39-38(28-31)44(48)50-45(39)40-26-23-36(46(32-14-6-2-7-15-32)33-16-8-3-9-17-33)29-42(40)49-43-30-37(24-27-41(43)45)47(34-18-10-4-11-19-34)35-20-12-5-13-21-35/h2-12,14-20,22-30H,1H3. The van der Waals surface area contributed by atoms with E-state index in [9.17, 15) is 4.79 Å². The van der Waals surface area contributed by atoms with Crippen LogP contribution in [0.2, 0.25) is 0 Å². The average molecular weight is 647 g/mol. The minimum absolute atomic E-state index is 0.355. The van der Waals surface area contributed by atoms with E-state index in [1.54, 1.807) is 0 Å². The molecule has 9 rings (SSSR count). The number of ether oxygens (including phenoxy) is 2. The van der Waals surface area contributed by atoms with Crippen molar-refractivity contribution >= 4 is 40.1 Å². The van der Waals surface area contributed by atoms with Crippen LogP contribution in [0.5, 0.6) is 11.5 Å². The third kappa shape index (κ3) is 4.69. The third-order valence-corrected chi connectivity index (χ3v) is 9.36. The van der Waals surface area contributed by atoms with E-state index in [1.807, 2.05) is 128 Å². The molecule has 0 saturated carbocycles. The van der Waals surface area contributed by atoms with E-state index in [0.29, 0.717) is 17.1 Å². The maximum absolute atomic E-state index is 13.7. The summed E-state index contributed by atoms with van der Waals surface area (Å²) in [6, 6.07) is 61.0. The molecule has 0 N–H and O–H groups in total. The van der Waals surface area contributed by atoms with Crippen LogP contribution in [0.25, 0.3) is 0 Å². The maximum atomic E-state index is 13.7. The van der Waals surface area contributed by atoms with E-state index in [1.165, 1.54) is 0 Å². The first-order valence-corrected chi connectivity index (χ1v) is 16.6. The Bertz CT molecular complexity index is 2150. The summed E-state index contributed by atoms with van der Waals surface area (Å²) in [4.78, 5) is 18.0. The molecule has 238 valence electrons.